The van der Waals surface area contributed by atoms with E-state index < -0.39 is 24.0 Å². The van der Waals surface area contributed by atoms with Gasteiger partial charge in [-0.3, -0.25) is 9.59 Å². The van der Waals surface area contributed by atoms with Crippen molar-refractivity contribution < 1.29 is 19.8 Å². The van der Waals surface area contributed by atoms with Crippen LogP contribution in [0.25, 0.3) is 0 Å². The minimum atomic E-state index is -0.963. The molecule has 0 rings (SSSR count). The van der Waals surface area contributed by atoms with Gasteiger partial charge >= 0.3 is 11.9 Å². The lowest BCUT2D eigenvalue weighted by atomic mass is 10.0. The molecule has 0 aliphatic heterocycles. The second-order valence-corrected chi connectivity index (χ2v) is 3.38. The third-order valence-corrected chi connectivity index (χ3v) is 1.93. The van der Waals surface area contributed by atoms with Crippen LogP contribution in [0.3, 0.4) is 0 Å². The maximum atomic E-state index is 10.2. The first-order valence-electron chi connectivity index (χ1n) is 4.70. The average Bonchev–Trinajstić information content (AvgIpc) is 2.16. The second kappa shape index (κ2) is 8.19. The summed E-state index contributed by atoms with van der Waals surface area (Å²) in [4.78, 5) is 19.7. The highest BCUT2D eigenvalue weighted by Gasteiger charge is 2.17. The van der Waals surface area contributed by atoms with Crippen molar-refractivity contribution in [3.63, 3.8) is 0 Å². The van der Waals surface area contributed by atoms with E-state index in [4.69, 9.17) is 21.7 Å². The van der Waals surface area contributed by atoms with Gasteiger partial charge in [0.05, 0.1) is 0 Å². The van der Waals surface area contributed by atoms with Crippen LogP contribution in [0.5, 0.6) is 0 Å². The van der Waals surface area contributed by atoms with Crippen molar-refractivity contribution in [2.75, 3.05) is 0 Å². The number of aliphatic carboxylic acids is 2. The predicted octanol–water partition coefficient (Wildman–Crippen LogP) is -0.137. The standard InChI is InChI=1S/C6H13NO2.C3H7NO2/c1-3-4(2)5(7)6(8)9;1-2(4)3(5)6/h4-5H,3,7H2,1-2H3,(H,8,9);2H,4H2,1H3,(H,5,6)/t4-,5+;2-/m10/s1. The fraction of sp³-hybridized carbons (Fsp3) is 0.778. The van der Waals surface area contributed by atoms with E-state index in [9.17, 15) is 9.59 Å². The largest absolute Gasteiger partial charge is 0.480 e. The van der Waals surface area contributed by atoms with Crippen LogP contribution in [0.4, 0.5) is 0 Å². The predicted molar refractivity (Wildman–Crippen MR) is 56.4 cm³/mol. The summed E-state index contributed by atoms with van der Waals surface area (Å²) in [6, 6.07) is -1.43. The van der Waals surface area contributed by atoms with E-state index >= 15 is 0 Å². The van der Waals surface area contributed by atoms with Crippen LogP contribution in [0.15, 0.2) is 0 Å². The van der Waals surface area contributed by atoms with E-state index in [1.54, 1.807) is 0 Å². The molecular formula is C9H20N2O4. The quantitative estimate of drug-likeness (QED) is 0.522. The summed E-state index contributed by atoms with van der Waals surface area (Å²) >= 11 is 0. The SMILES string of the molecule is CC[C@@H](C)[C@H](N)C(=O)O.C[C@H](N)C(=O)O. The molecule has 0 aromatic rings. The third-order valence-electron chi connectivity index (χ3n) is 1.93. The molecule has 3 atom stereocenters. The number of hydrogen-bond acceptors (Lipinski definition) is 4. The van der Waals surface area contributed by atoms with Crippen LogP contribution < -0.4 is 11.5 Å². The molecule has 0 fully saturated rings. The Morgan fingerprint density at radius 1 is 1.13 bits per heavy atom. The summed E-state index contributed by atoms with van der Waals surface area (Å²) in [6.45, 7) is 5.18. The molecule has 6 N–H and O–H groups in total. The van der Waals surface area contributed by atoms with E-state index in [1.807, 2.05) is 13.8 Å². The molecule has 0 spiro atoms. The zero-order valence-corrected chi connectivity index (χ0v) is 9.30. The lowest BCUT2D eigenvalue weighted by Crippen LogP contribution is -2.36. The summed E-state index contributed by atoms with van der Waals surface area (Å²) < 4.78 is 0. The monoisotopic (exact) mass is 220 g/mol. The number of carboxylic acids is 2. The van der Waals surface area contributed by atoms with Gasteiger partial charge in [0.15, 0.2) is 0 Å². The first kappa shape index (κ1) is 16.3. The van der Waals surface area contributed by atoms with E-state index in [1.165, 1.54) is 6.92 Å². The van der Waals surface area contributed by atoms with Crippen molar-refractivity contribution in [1.29, 1.82) is 0 Å². The molecule has 6 heteroatoms. The van der Waals surface area contributed by atoms with E-state index in [0.717, 1.165) is 6.42 Å². The summed E-state index contributed by atoms with van der Waals surface area (Å²) in [5.74, 6) is -1.80. The van der Waals surface area contributed by atoms with Crippen molar-refractivity contribution in [3.05, 3.63) is 0 Å². The zero-order chi connectivity index (χ0) is 12.6. The van der Waals surface area contributed by atoms with Crippen LogP contribution in [0.1, 0.15) is 27.2 Å². The van der Waals surface area contributed by atoms with E-state index in [2.05, 4.69) is 0 Å². The van der Waals surface area contributed by atoms with Crippen LogP contribution >= 0.6 is 0 Å². The molecule has 15 heavy (non-hydrogen) atoms. The normalized spacial score (nSPS) is 15.5. The van der Waals surface area contributed by atoms with Gasteiger partial charge in [-0.15, -0.1) is 0 Å². The molecule has 0 heterocycles. The summed E-state index contributed by atoms with van der Waals surface area (Å²) in [5, 5.41) is 16.2. The topological polar surface area (TPSA) is 127 Å². The lowest BCUT2D eigenvalue weighted by Gasteiger charge is -2.11. The Morgan fingerprint density at radius 2 is 1.47 bits per heavy atom. The maximum Gasteiger partial charge on any atom is 0.320 e. The average molecular weight is 220 g/mol. The molecule has 0 radical (unpaired) electrons. The first-order chi connectivity index (χ1) is 6.73. The molecule has 90 valence electrons. The second-order valence-electron chi connectivity index (χ2n) is 3.38. The van der Waals surface area contributed by atoms with Crippen molar-refractivity contribution in [1.82, 2.24) is 0 Å². The van der Waals surface area contributed by atoms with Crippen LogP contribution in [-0.2, 0) is 9.59 Å². The van der Waals surface area contributed by atoms with Crippen molar-refractivity contribution in [2.24, 2.45) is 17.4 Å². The molecule has 0 saturated carbocycles. The van der Waals surface area contributed by atoms with Crippen molar-refractivity contribution in [2.45, 2.75) is 39.3 Å². The third kappa shape index (κ3) is 9.17. The summed E-state index contributed by atoms with van der Waals surface area (Å²) in [7, 11) is 0. The molecule has 0 aliphatic rings. The minimum absolute atomic E-state index is 0.0718. The Hall–Kier alpha value is -1.14. The van der Waals surface area contributed by atoms with Crippen LogP contribution in [-0.4, -0.2) is 34.2 Å². The molecule has 0 aliphatic carbocycles. The van der Waals surface area contributed by atoms with Gasteiger partial charge in [-0.2, -0.15) is 0 Å². The molecule has 0 amide bonds. The highest BCUT2D eigenvalue weighted by molar-refractivity contribution is 5.73. The molecule has 0 aromatic heterocycles. The molecule has 0 saturated heterocycles. The smallest absolute Gasteiger partial charge is 0.320 e. The Labute approximate surface area is 89.3 Å². The summed E-state index contributed by atoms with van der Waals surface area (Å²) in [5.41, 5.74) is 10.1. The Kier molecular flexibility index (Phi) is 8.90. The fourth-order valence-electron chi connectivity index (χ4n) is 0.497. The first-order valence-corrected chi connectivity index (χ1v) is 4.70. The fourth-order valence-corrected chi connectivity index (χ4v) is 0.497. The van der Waals surface area contributed by atoms with E-state index in [-0.39, 0.29) is 5.92 Å². The van der Waals surface area contributed by atoms with Gasteiger partial charge in [-0.05, 0) is 12.8 Å². The highest BCUT2D eigenvalue weighted by atomic mass is 16.4. The Morgan fingerprint density at radius 3 is 1.53 bits per heavy atom. The Balaban J connectivity index is 0. The number of rotatable bonds is 4. The van der Waals surface area contributed by atoms with E-state index in [0.29, 0.717) is 0 Å². The lowest BCUT2D eigenvalue weighted by molar-refractivity contribution is -0.140. The van der Waals surface area contributed by atoms with Crippen molar-refractivity contribution >= 4 is 11.9 Å². The van der Waals surface area contributed by atoms with Gasteiger partial charge in [0.2, 0.25) is 0 Å². The van der Waals surface area contributed by atoms with Gasteiger partial charge in [-0.1, -0.05) is 20.3 Å². The van der Waals surface area contributed by atoms with Gasteiger partial charge in [0.1, 0.15) is 12.1 Å². The van der Waals surface area contributed by atoms with Gasteiger partial charge < -0.3 is 21.7 Å². The molecule has 0 aromatic carbocycles. The summed E-state index contributed by atoms with van der Waals surface area (Å²) in [6.07, 6.45) is 0.813. The molecular weight excluding hydrogens is 200 g/mol. The van der Waals surface area contributed by atoms with Gasteiger partial charge in [-0.25, -0.2) is 0 Å². The number of nitrogens with two attached hydrogens (primary N) is 2. The zero-order valence-electron chi connectivity index (χ0n) is 9.30. The van der Waals surface area contributed by atoms with Crippen LogP contribution in [0, 0.1) is 5.92 Å². The Bertz CT molecular complexity index is 206. The molecule has 0 bridgehead atoms. The van der Waals surface area contributed by atoms with Gasteiger partial charge in [0.25, 0.3) is 0 Å². The van der Waals surface area contributed by atoms with Crippen molar-refractivity contribution in [3.8, 4) is 0 Å². The molecule has 0 unspecified atom stereocenters. The maximum absolute atomic E-state index is 10.2. The minimum Gasteiger partial charge on any atom is -0.480 e. The number of carboxylic acid groups (broad SMARTS) is 2. The number of hydrogen-bond donors (Lipinski definition) is 4. The van der Waals surface area contributed by atoms with Crippen LogP contribution in [0.2, 0.25) is 0 Å². The number of carbonyl (C=O) groups is 2. The molecule has 6 nitrogen and oxygen atoms in total. The van der Waals surface area contributed by atoms with Gasteiger partial charge in [0, 0.05) is 0 Å². The highest BCUT2D eigenvalue weighted by Crippen LogP contribution is 2.04.